The zero-order valence-electron chi connectivity index (χ0n) is 28.1. The summed E-state index contributed by atoms with van der Waals surface area (Å²) in [5.41, 5.74) is 12.8. The Bertz CT molecular complexity index is 2060. The lowest BCUT2D eigenvalue weighted by Crippen LogP contribution is -2.37. The van der Waals surface area contributed by atoms with Crippen molar-refractivity contribution >= 4 is 28.0 Å². The van der Waals surface area contributed by atoms with Crippen LogP contribution in [0.3, 0.4) is 0 Å². The molecule has 1 spiro atoms. The van der Waals surface area contributed by atoms with Crippen LogP contribution in [0.2, 0.25) is 0 Å². The molecule has 1 amide bonds. The highest BCUT2D eigenvalue weighted by Crippen LogP contribution is 2.52. The molecule has 5 aromatic rings. The number of likely N-dealkylation sites (N-methyl/N-ethyl adjacent to an activating group) is 1. The molecule has 8 nitrogen and oxygen atoms in total. The minimum atomic E-state index is -0.168. The van der Waals surface area contributed by atoms with Crippen LogP contribution in [0, 0.1) is 5.41 Å². The van der Waals surface area contributed by atoms with E-state index in [-0.39, 0.29) is 11.9 Å². The monoisotopic (exact) mass is 639 g/mol. The molecule has 48 heavy (non-hydrogen) atoms. The van der Waals surface area contributed by atoms with E-state index in [2.05, 4.69) is 87.9 Å². The molecule has 9 rings (SSSR count). The van der Waals surface area contributed by atoms with Crippen molar-refractivity contribution in [2.45, 2.75) is 69.9 Å². The predicted octanol–water partition coefficient (Wildman–Crippen LogP) is 7.25. The highest BCUT2D eigenvalue weighted by atomic mass is 16.2. The van der Waals surface area contributed by atoms with Crippen LogP contribution in [0.1, 0.15) is 79.8 Å². The van der Waals surface area contributed by atoms with Gasteiger partial charge in [0.25, 0.3) is 0 Å². The van der Waals surface area contributed by atoms with E-state index in [4.69, 9.17) is 9.97 Å². The van der Waals surface area contributed by atoms with Gasteiger partial charge < -0.3 is 20.2 Å². The molecule has 3 aromatic carbocycles. The second-order valence-corrected chi connectivity index (χ2v) is 14.8. The Kier molecular flexibility index (Phi) is 7.28. The third kappa shape index (κ3) is 4.99. The first kappa shape index (κ1) is 29.8. The number of carbonyl (C=O) groups excluding carboxylic acids is 1. The zero-order chi connectivity index (χ0) is 32.4. The molecule has 0 radical (unpaired) electrons. The molecule has 2 aliphatic heterocycles. The number of aromatic amines is 2. The normalized spacial score (nSPS) is 22.1. The summed E-state index contributed by atoms with van der Waals surface area (Å²) in [5.74, 6) is 2.00. The number of imidazole rings is 2. The van der Waals surface area contributed by atoms with Gasteiger partial charge in [0.1, 0.15) is 17.7 Å². The van der Waals surface area contributed by atoms with Crippen LogP contribution in [0.4, 0.5) is 0 Å². The SMILES string of the molecule is CNCC(=O)N1CC=CC1c1nc2ccc(-c3ccc(-c4ccc5nc(C6CCCN6C)[nH]c5c4)c4c3CC3(CCCCC3)C4)cc2[nH]1. The van der Waals surface area contributed by atoms with E-state index in [0.29, 0.717) is 24.5 Å². The molecule has 246 valence electrons. The molecule has 2 unspecified atom stereocenters. The highest BCUT2D eigenvalue weighted by molar-refractivity contribution is 5.88. The van der Waals surface area contributed by atoms with Gasteiger partial charge in [0.05, 0.1) is 34.7 Å². The van der Waals surface area contributed by atoms with Gasteiger partial charge in [-0.15, -0.1) is 0 Å². The first-order valence-corrected chi connectivity index (χ1v) is 17.9. The summed E-state index contributed by atoms with van der Waals surface area (Å²) in [6, 6.07) is 18.4. The molecule has 4 aliphatic rings. The summed E-state index contributed by atoms with van der Waals surface area (Å²) in [6.07, 6.45) is 15.5. The average Bonchev–Trinajstić information content (AvgIpc) is 3.93. The lowest BCUT2D eigenvalue weighted by Gasteiger charge is -2.33. The number of aromatic nitrogens is 4. The number of hydrogen-bond donors (Lipinski definition) is 3. The minimum absolute atomic E-state index is 0.0782. The van der Waals surface area contributed by atoms with Gasteiger partial charge in [-0.05, 0) is 122 Å². The molecule has 3 N–H and O–H groups in total. The third-order valence-electron chi connectivity index (χ3n) is 11.8. The molecule has 4 heterocycles. The van der Waals surface area contributed by atoms with Gasteiger partial charge in [0.15, 0.2) is 0 Å². The molecule has 2 aromatic heterocycles. The van der Waals surface area contributed by atoms with Gasteiger partial charge in [-0.1, -0.05) is 55.7 Å². The average molecular weight is 640 g/mol. The van der Waals surface area contributed by atoms with Crippen molar-refractivity contribution < 1.29 is 4.79 Å². The van der Waals surface area contributed by atoms with Gasteiger partial charge >= 0.3 is 0 Å². The Morgan fingerprint density at radius 1 is 0.875 bits per heavy atom. The predicted molar refractivity (Wildman–Crippen MR) is 192 cm³/mol. The van der Waals surface area contributed by atoms with Crippen molar-refractivity contribution in [1.82, 2.24) is 35.1 Å². The minimum Gasteiger partial charge on any atom is -0.341 e. The highest BCUT2D eigenvalue weighted by Gasteiger charge is 2.40. The van der Waals surface area contributed by atoms with E-state index < -0.39 is 0 Å². The van der Waals surface area contributed by atoms with Crippen LogP contribution in [0.15, 0.2) is 60.7 Å². The lowest BCUT2D eigenvalue weighted by atomic mass is 9.72. The fourth-order valence-corrected chi connectivity index (χ4v) is 9.32. The standard InChI is InChI=1S/C40H45N7O/c1-41-24-37(48)47-19-7-9-36(47)39-43-32-15-11-26(21-34(32)45-39)28-13-12-27(29-22-40(23-30(28)29)16-4-3-5-17-40)25-10-14-31-33(20-25)44-38(42-31)35-8-6-18-46(35)2/h7,9-15,20-21,35-36,41H,3-6,8,16-19,22-24H2,1-2H3,(H,42,44)(H,43,45). The van der Waals surface area contributed by atoms with Gasteiger partial charge in [0, 0.05) is 6.54 Å². The smallest absolute Gasteiger partial charge is 0.237 e. The first-order chi connectivity index (χ1) is 23.5. The number of benzene rings is 3. The van der Waals surface area contributed by atoms with Gasteiger partial charge in [-0.2, -0.15) is 0 Å². The summed E-state index contributed by atoms with van der Waals surface area (Å²) in [4.78, 5) is 34.3. The molecule has 8 heteroatoms. The van der Waals surface area contributed by atoms with Crippen molar-refractivity contribution in [3.05, 3.63) is 83.5 Å². The maximum atomic E-state index is 12.8. The largest absolute Gasteiger partial charge is 0.341 e. The topological polar surface area (TPSA) is 92.9 Å². The molecular weight excluding hydrogens is 594 g/mol. The lowest BCUT2D eigenvalue weighted by molar-refractivity contribution is -0.130. The van der Waals surface area contributed by atoms with Crippen molar-refractivity contribution in [2.75, 3.05) is 33.7 Å². The Hall–Kier alpha value is -4.27. The van der Waals surface area contributed by atoms with Crippen molar-refractivity contribution in [3.8, 4) is 22.3 Å². The second kappa shape index (κ2) is 11.7. The number of likely N-dealkylation sites (tertiary alicyclic amines) is 1. The molecule has 2 fully saturated rings. The van der Waals surface area contributed by atoms with Crippen molar-refractivity contribution in [2.24, 2.45) is 5.41 Å². The molecule has 0 bridgehead atoms. The number of amides is 1. The molecule has 2 atom stereocenters. The van der Waals surface area contributed by atoms with Crippen LogP contribution in [-0.2, 0) is 17.6 Å². The van der Waals surface area contributed by atoms with E-state index >= 15 is 0 Å². The fraction of sp³-hybridized carbons (Fsp3) is 0.425. The number of H-pyrrole nitrogens is 2. The van der Waals surface area contributed by atoms with Gasteiger partial charge in [-0.3, -0.25) is 9.69 Å². The summed E-state index contributed by atoms with van der Waals surface area (Å²) < 4.78 is 0. The third-order valence-corrected chi connectivity index (χ3v) is 11.8. The quantitative estimate of drug-likeness (QED) is 0.170. The van der Waals surface area contributed by atoms with Crippen molar-refractivity contribution in [1.29, 1.82) is 0 Å². The van der Waals surface area contributed by atoms with Crippen molar-refractivity contribution in [3.63, 3.8) is 0 Å². The fourth-order valence-electron chi connectivity index (χ4n) is 9.32. The Balaban J connectivity index is 1.09. The maximum Gasteiger partial charge on any atom is 0.237 e. The van der Waals surface area contributed by atoms with E-state index in [0.717, 1.165) is 59.5 Å². The van der Waals surface area contributed by atoms with Crippen LogP contribution < -0.4 is 5.32 Å². The number of carbonyl (C=O) groups is 1. The van der Waals surface area contributed by atoms with Crippen LogP contribution in [-0.4, -0.2) is 69.4 Å². The molecular formula is C40H45N7O. The number of nitrogens with zero attached hydrogens (tertiary/aromatic N) is 4. The number of rotatable bonds is 6. The van der Waals surface area contributed by atoms with E-state index in [1.165, 1.54) is 71.9 Å². The van der Waals surface area contributed by atoms with E-state index in [9.17, 15) is 4.79 Å². The summed E-state index contributed by atoms with van der Waals surface area (Å²) in [7, 11) is 4.02. The zero-order valence-corrected chi connectivity index (χ0v) is 28.1. The van der Waals surface area contributed by atoms with Gasteiger partial charge in [0.2, 0.25) is 5.91 Å². The van der Waals surface area contributed by atoms with E-state index in [1.807, 2.05) is 11.9 Å². The van der Waals surface area contributed by atoms with Crippen LogP contribution >= 0.6 is 0 Å². The second-order valence-electron chi connectivity index (χ2n) is 14.8. The maximum absolute atomic E-state index is 12.8. The number of hydrogen-bond acceptors (Lipinski definition) is 5. The number of nitrogens with one attached hydrogen (secondary N) is 3. The molecule has 2 aliphatic carbocycles. The molecule has 1 saturated carbocycles. The van der Waals surface area contributed by atoms with E-state index in [1.54, 1.807) is 0 Å². The molecule has 1 saturated heterocycles. The summed E-state index contributed by atoms with van der Waals surface area (Å²) in [6.45, 7) is 2.07. The number of fused-ring (bicyclic) bond motifs is 3. The Morgan fingerprint density at radius 2 is 1.52 bits per heavy atom. The van der Waals surface area contributed by atoms with Gasteiger partial charge in [-0.25, -0.2) is 9.97 Å². The first-order valence-electron chi connectivity index (χ1n) is 17.9. The van der Waals surface area contributed by atoms with Crippen LogP contribution in [0.25, 0.3) is 44.3 Å². The Labute approximate surface area is 282 Å². The Morgan fingerprint density at radius 3 is 2.15 bits per heavy atom. The summed E-state index contributed by atoms with van der Waals surface area (Å²) >= 11 is 0. The van der Waals surface area contributed by atoms with Crippen LogP contribution in [0.5, 0.6) is 0 Å². The summed E-state index contributed by atoms with van der Waals surface area (Å²) in [5, 5.41) is 2.99.